The zero-order chi connectivity index (χ0) is 14.1. The van der Waals surface area contributed by atoms with Gasteiger partial charge in [0.15, 0.2) is 5.75 Å². The van der Waals surface area contributed by atoms with Gasteiger partial charge in [-0.3, -0.25) is 0 Å². The van der Waals surface area contributed by atoms with E-state index in [-0.39, 0.29) is 18.3 Å². The van der Waals surface area contributed by atoms with Crippen molar-refractivity contribution in [2.75, 3.05) is 7.11 Å². The Kier molecular flexibility index (Phi) is 3.87. The highest BCUT2D eigenvalue weighted by Crippen LogP contribution is 2.36. The fourth-order valence-electron chi connectivity index (χ4n) is 1.73. The molecule has 0 aliphatic carbocycles. The Bertz CT molecular complexity index is 413. The third-order valence-electron chi connectivity index (χ3n) is 3.60. The average Bonchev–Trinajstić information content (AvgIpc) is 2.56. The molecule has 1 aliphatic heterocycles. The fourth-order valence-corrected chi connectivity index (χ4v) is 1.73. The molecule has 0 amide bonds. The second-order valence-electron chi connectivity index (χ2n) is 5.48. The van der Waals surface area contributed by atoms with Crippen LogP contribution in [0.1, 0.15) is 27.7 Å². The summed E-state index contributed by atoms with van der Waals surface area (Å²) in [7, 11) is 1.00. The van der Waals surface area contributed by atoms with Crippen molar-refractivity contribution in [3.8, 4) is 5.75 Å². The molecule has 104 valence electrons. The largest absolute Gasteiger partial charge is 0.494 e. The molecule has 6 heteroatoms. The van der Waals surface area contributed by atoms with E-state index in [0.717, 1.165) is 5.46 Å². The minimum atomic E-state index is -0.373. The van der Waals surface area contributed by atoms with E-state index in [9.17, 15) is 0 Å². The van der Waals surface area contributed by atoms with Gasteiger partial charge in [-0.15, -0.1) is 0 Å². The van der Waals surface area contributed by atoms with Crippen LogP contribution in [0.3, 0.4) is 0 Å². The maximum atomic E-state index is 5.95. The summed E-state index contributed by atoms with van der Waals surface area (Å²) in [5.74, 6) is 0.544. The number of rotatable bonds is 4. The van der Waals surface area contributed by atoms with Gasteiger partial charge in [0.1, 0.15) is 0 Å². The summed E-state index contributed by atoms with van der Waals surface area (Å²) < 4.78 is 11.9. The van der Waals surface area contributed by atoms with E-state index < -0.39 is 0 Å². The third kappa shape index (κ3) is 2.92. The van der Waals surface area contributed by atoms with Gasteiger partial charge in [0.05, 0.1) is 18.3 Å². The van der Waals surface area contributed by atoms with Crippen LogP contribution >= 0.6 is 0 Å². The summed E-state index contributed by atoms with van der Waals surface area (Å²) in [6.45, 7) is 8.10. The van der Waals surface area contributed by atoms with Gasteiger partial charge in [0.2, 0.25) is 0 Å². The Balaban J connectivity index is 2.08. The molecule has 0 saturated carbocycles. The Morgan fingerprint density at radius 1 is 0.947 bits per heavy atom. The molecule has 0 unspecified atom stereocenters. The average molecular weight is 266 g/mol. The highest BCUT2D eigenvalue weighted by Gasteiger charge is 2.51. The molecule has 2 rings (SSSR count). The molecule has 1 fully saturated rings. The fraction of sp³-hybridized carbons (Fsp3) is 0.538. The highest BCUT2D eigenvalue weighted by atomic mass is 17.5. The van der Waals surface area contributed by atoms with Gasteiger partial charge in [0, 0.05) is 0 Å². The molecule has 0 bridgehead atoms. The summed E-state index contributed by atoms with van der Waals surface area (Å²) in [4.78, 5) is 9.21. The molecule has 1 heterocycles. The van der Waals surface area contributed by atoms with Crippen LogP contribution in [0.4, 0.5) is 0 Å². The lowest BCUT2D eigenvalue weighted by atomic mass is 9.79. The van der Waals surface area contributed by atoms with Crippen molar-refractivity contribution >= 4 is 12.6 Å². The lowest BCUT2D eigenvalue weighted by Crippen LogP contribution is -2.41. The van der Waals surface area contributed by atoms with Crippen LogP contribution in [0.5, 0.6) is 5.75 Å². The predicted octanol–water partition coefficient (Wildman–Crippen LogP) is 1.86. The van der Waals surface area contributed by atoms with E-state index in [1.165, 1.54) is 7.11 Å². The molecule has 1 aromatic carbocycles. The van der Waals surface area contributed by atoms with E-state index in [4.69, 9.17) is 14.2 Å². The van der Waals surface area contributed by atoms with Crippen LogP contribution in [0.2, 0.25) is 0 Å². The monoisotopic (exact) mass is 266 g/mol. The molecule has 0 spiro atoms. The first-order chi connectivity index (χ1) is 8.86. The molecular formula is C13H19BO5. The van der Waals surface area contributed by atoms with Crippen LogP contribution in [0.15, 0.2) is 24.3 Å². The van der Waals surface area contributed by atoms with Crippen LogP contribution in [0.25, 0.3) is 0 Å². The molecule has 1 aliphatic rings. The van der Waals surface area contributed by atoms with Gasteiger partial charge >= 0.3 is 7.12 Å². The van der Waals surface area contributed by atoms with Crippen molar-refractivity contribution in [1.82, 2.24) is 0 Å². The molecule has 1 saturated heterocycles. The normalized spacial score (nSPS) is 20.6. The van der Waals surface area contributed by atoms with Crippen molar-refractivity contribution in [2.45, 2.75) is 38.9 Å². The maximum Gasteiger partial charge on any atom is 0.494 e. The maximum absolute atomic E-state index is 5.95. The molecule has 1 aromatic rings. The predicted molar refractivity (Wildman–Crippen MR) is 70.9 cm³/mol. The van der Waals surface area contributed by atoms with Gasteiger partial charge in [-0.05, 0) is 50.3 Å². The summed E-state index contributed by atoms with van der Waals surface area (Å²) in [6.07, 6.45) is 0. The molecular weight excluding hydrogens is 247 g/mol. The first-order valence-electron chi connectivity index (χ1n) is 6.19. The van der Waals surface area contributed by atoms with E-state index in [1.54, 1.807) is 12.1 Å². The molecule has 0 N–H and O–H groups in total. The third-order valence-corrected chi connectivity index (χ3v) is 3.60. The minimum absolute atomic E-state index is 0.341. The van der Waals surface area contributed by atoms with Crippen LogP contribution < -0.4 is 10.4 Å². The Morgan fingerprint density at radius 3 is 1.95 bits per heavy atom. The van der Waals surface area contributed by atoms with E-state index in [1.807, 2.05) is 39.8 Å². The van der Waals surface area contributed by atoms with Gasteiger partial charge in [0.25, 0.3) is 0 Å². The minimum Gasteiger partial charge on any atom is -0.399 e. The molecule has 0 atom stereocenters. The Labute approximate surface area is 113 Å². The topological polar surface area (TPSA) is 46.2 Å². The van der Waals surface area contributed by atoms with Crippen LogP contribution in [-0.2, 0) is 19.2 Å². The number of hydrogen-bond donors (Lipinski definition) is 0. The zero-order valence-corrected chi connectivity index (χ0v) is 11.9. The molecule has 0 aromatic heterocycles. The smallest absolute Gasteiger partial charge is 0.399 e. The van der Waals surface area contributed by atoms with Crippen molar-refractivity contribution in [2.24, 2.45) is 0 Å². The van der Waals surface area contributed by atoms with E-state index in [0.29, 0.717) is 5.75 Å². The van der Waals surface area contributed by atoms with Crippen molar-refractivity contribution in [1.29, 1.82) is 0 Å². The summed E-state index contributed by atoms with van der Waals surface area (Å²) >= 11 is 0. The van der Waals surface area contributed by atoms with Crippen LogP contribution in [0, 0.1) is 0 Å². The first-order valence-corrected chi connectivity index (χ1v) is 6.19. The summed E-state index contributed by atoms with van der Waals surface area (Å²) in [6, 6.07) is 7.27. The van der Waals surface area contributed by atoms with Gasteiger partial charge in [-0.25, -0.2) is 0 Å². The second-order valence-corrected chi connectivity index (χ2v) is 5.48. The van der Waals surface area contributed by atoms with Gasteiger partial charge < -0.3 is 14.2 Å². The lowest BCUT2D eigenvalue weighted by molar-refractivity contribution is -0.453. The molecule has 0 radical (unpaired) electrons. The van der Waals surface area contributed by atoms with E-state index >= 15 is 0 Å². The second kappa shape index (κ2) is 5.13. The summed E-state index contributed by atoms with van der Waals surface area (Å²) in [5, 5.41) is 4.39. The Morgan fingerprint density at radius 2 is 1.47 bits per heavy atom. The standard InChI is InChI=1S/C13H19BO5/c1-12(2)13(3,4)18-14(17-12)10-6-8-11(9-7-10)16-19-15-5/h6-9H,1-5H3. The van der Waals surface area contributed by atoms with Gasteiger partial charge in [-0.1, -0.05) is 12.1 Å². The zero-order valence-electron chi connectivity index (χ0n) is 11.9. The van der Waals surface area contributed by atoms with Crippen molar-refractivity contribution < 1.29 is 24.1 Å². The van der Waals surface area contributed by atoms with Crippen LogP contribution in [-0.4, -0.2) is 25.4 Å². The number of hydrogen-bond acceptors (Lipinski definition) is 5. The lowest BCUT2D eigenvalue weighted by Gasteiger charge is -2.32. The van der Waals surface area contributed by atoms with Gasteiger partial charge in [-0.2, -0.15) is 4.89 Å². The summed E-state index contributed by atoms with van der Waals surface area (Å²) in [5.41, 5.74) is 0.251. The molecule has 19 heavy (non-hydrogen) atoms. The van der Waals surface area contributed by atoms with E-state index in [2.05, 4.69) is 9.93 Å². The van der Waals surface area contributed by atoms with Crippen molar-refractivity contribution in [3.05, 3.63) is 24.3 Å². The van der Waals surface area contributed by atoms with Crippen molar-refractivity contribution in [3.63, 3.8) is 0 Å². The SMILES string of the molecule is COOOc1ccc(B2OC(C)(C)C(C)(C)O2)cc1. The number of benzene rings is 1. The highest BCUT2D eigenvalue weighted by molar-refractivity contribution is 6.62. The quantitative estimate of drug-likeness (QED) is 0.473. The first kappa shape index (κ1) is 14.3. The molecule has 5 nitrogen and oxygen atoms in total. The Hall–Kier alpha value is -1.08.